The van der Waals surface area contributed by atoms with Gasteiger partial charge in [-0.25, -0.2) is 9.97 Å². The van der Waals surface area contributed by atoms with E-state index in [2.05, 4.69) is 20.3 Å². The highest BCUT2D eigenvalue weighted by molar-refractivity contribution is 7.13. The predicted octanol–water partition coefficient (Wildman–Crippen LogP) is 2.71. The van der Waals surface area contributed by atoms with E-state index in [4.69, 9.17) is 0 Å². The molecule has 0 spiro atoms. The van der Waals surface area contributed by atoms with Crippen LogP contribution < -0.4 is 5.32 Å². The van der Waals surface area contributed by atoms with Gasteiger partial charge in [0.25, 0.3) is 0 Å². The number of anilines is 2. The Balaban J connectivity index is 1.82. The van der Waals surface area contributed by atoms with Gasteiger partial charge in [-0.05, 0) is 19.8 Å². The van der Waals surface area contributed by atoms with Crippen LogP contribution in [0.15, 0.2) is 17.8 Å². The van der Waals surface area contributed by atoms with Gasteiger partial charge in [0, 0.05) is 43.7 Å². The first-order chi connectivity index (χ1) is 10.6. The van der Waals surface area contributed by atoms with Gasteiger partial charge < -0.3 is 10.2 Å². The first kappa shape index (κ1) is 14.9. The Morgan fingerprint density at radius 2 is 2.23 bits per heavy atom. The topological polar surface area (TPSA) is 71.0 Å². The summed E-state index contributed by atoms with van der Waals surface area (Å²) in [5, 5.41) is 6.08. The van der Waals surface area contributed by atoms with Crippen molar-refractivity contribution in [2.24, 2.45) is 0 Å². The van der Waals surface area contributed by atoms with Crippen LogP contribution in [0.3, 0.4) is 0 Å². The molecule has 0 radical (unpaired) electrons. The van der Waals surface area contributed by atoms with Gasteiger partial charge in [0.15, 0.2) is 10.9 Å². The number of rotatable bonds is 3. The summed E-state index contributed by atoms with van der Waals surface area (Å²) in [6, 6.07) is 0. The molecule has 2 aromatic heterocycles. The molecule has 0 unspecified atom stereocenters. The van der Waals surface area contributed by atoms with E-state index in [0.29, 0.717) is 6.54 Å². The van der Waals surface area contributed by atoms with Crippen LogP contribution in [0.1, 0.15) is 37.1 Å². The number of amides is 1. The molecule has 1 fully saturated rings. The summed E-state index contributed by atoms with van der Waals surface area (Å²) < 4.78 is 0. The molecule has 0 bridgehead atoms. The van der Waals surface area contributed by atoms with Gasteiger partial charge in [0.05, 0.1) is 11.4 Å². The lowest BCUT2D eigenvalue weighted by molar-refractivity contribution is -0.130. The number of carbonyl (C=O) groups is 1. The van der Waals surface area contributed by atoms with Crippen LogP contribution in [0.4, 0.5) is 10.9 Å². The molecule has 3 rings (SSSR count). The minimum atomic E-state index is 0.124. The van der Waals surface area contributed by atoms with Crippen LogP contribution in [0.2, 0.25) is 0 Å². The summed E-state index contributed by atoms with van der Waals surface area (Å²) in [7, 11) is 0. The molecule has 0 aromatic carbocycles. The Bertz CT molecular complexity index is 671. The zero-order chi connectivity index (χ0) is 15.5. The van der Waals surface area contributed by atoms with E-state index in [0.717, 1.165) is 41.7 Å². The first-order valence-electron chi connectivity index (χ1n) is 7.39. The second-order valence-corrected chi connectivity index (χ2v) is 6.37. The van der Waals surface area contributed by atoms with Crippen molar-refractivity contribution in [2.45, 2.75) is 32.6 Å². The molecular weight excluding hydrogens is 298 g/mol. The average molecular weight is 317 g/mol. The summed E-state index contributed by atoms with van der Waals surface area (Å²) >= 11 is 1.55. The van der Waals surface area contributed by atoms with Gasteiger partial charge in [-0.3, -0.25) is 9.78 Å². The van der Waals surface area contributed by atoms with E-state index >= 15 is 0 Å². The first-order valence-corrected chi connectivity index (χ1v) is 8.27. The SMILES string of the molecule is CC(=O)N1CCC[C@H](c2nccnc2Nc2nc(C)cs2)C1. The number of carbonyl (C=O) groups excluding carboxylic acids is 1. The van der Waals surface area contributed by atoms with Crippen LogP contribution in [0.5, 0.6) is 0 Å². The normalized spacial score (nSPS) is 18.3. The Morgan fingerprint density at radius 3 is 2.95 bits per heavy atom. The third-order valence-corrected chi connectivity index (χ3v) is 4.70. The maximum absolute atomic E-state index is 11.6. The minimum absolute atomic E-state index is 0.124. The molecule has 1 aliphatic rings. The molecule has 1 N–H and O–H groups in total. The number of hydrogen-bond acceptors (Lipinski definition) is 6. The highest BCUT2D eigenvalue weighted by atomic mass is 32.1. The van der Waals surface area contributed by atoms with Crippen LogP contribution in [0, 0.1) is 6.92 Å². The molecule has 3 heterocycles. The zero-order valence-electron chi connectivity index (χ0n) is 12.7. The van der Waals surface area contributed by atoms with Gasteiger partial charge >= 0.3 is 0 Å². The summed E-state index contributed by atoms with van der Waals surface area (Å²) in [4.78, 5) is 26.9. The van der Waals surface area contributed by atoms with Gasteiger partial charge in [0.1, 0.15) is 0 Å². The molecule has 22 heavy (non-hydrogen) atoms. The van der Waals surface area contributed by atoms with Crippen molar-refractivity contribution < 1.29 is 4.79 Å². The summed E-state index contributed by atoms with van der Waals surface area (Å²) in [5.74, 6) is 1.08. The predicted molar refractivity (Wildman–Crippen MR) is 86.4 cm³/mol. The third kappa shape index (κ3) is 3.24. The fraction of sp³-hybridized carbons (Fsp3) is 0.467. The number of nitrogens with one attached hydrogen (secondary N) is 1. The average Bonchev–Trinajstić information content (AvgIpc) is 2.93. The van der Waals surface area contributed by atoms with E-state index in [1.807, 2.05) is 17.2 Å². The Morgan fingerprint density at radius 1 is 1.41 bits per heavy atom. The second kappa shape index (κ2) is 6.39. The van der Waals surface area contributed by atoms with E-state index in [9.17, 15) is 4.79 Å². The molecule has 116 valence electrons. The van der Waals surface area contributed by atoms with E-state index in [1.54, 1.807) is 30.7 Å². The minimum Gasteiger partial charge on any atom is -0.342 e. The fourth-order valence-corrected chi connectivity index (χ4v) is 3.43. The van der Waals surface area contributed by atoms with E-state index < -0.39 is 0 Å². The lowest BCUT2D eigenvalue weighted by Crippen LogP contribution is -2.38. The Kier molecular flexibility index (Phi) is 4.33. The summed E-state index contributed by atoms with van der Waals surface area (Å²) in [6.07, 6.45) is 5.41. The lowest BCUT2D eigenvalue weighted by Gasteiger charge is -2.32. The number of hydrogen-bond donors (Lipinski definition) is 1. The Hall–Kier alpha value is -2.02. The fourth-order valence-electron chi connectivity index (χ4n) is 2.74. The molecule has 1 atom stereocenters. The van der Waals surface area contributed by atoms with Gasteiger partial charge in [-0.2, -0.15) is 0 Å². The van der Waals surface area contributed by atoms with Crippen molar-refractivity contribution in [1.82, 2.24) is 19.9 Å². The number of aryl methyl sites for hydroxylation is 1. The van der Waals surface area contributed by atoms with Crippen molar-refractivity contribution in [2.75, 3.05) is 18.4 Å². The van der Waals surface area contributed by atoms with Crippen molar-refractivity contribution in [3.05, 3.63) is 29.2 Å². The molecule has 6 nitrogen and oxygen atoms in total. The standard InChI is InChI=1S/C15H19N5OS/c1-10-9-22-15(18-10)19-14-13(16-5-6-17-14)12-4-3-7-20(8-12)11(2)21/h5-6,9,12H,3-4,7-8H2,1-2H3,(H,17,18,19)/t12-/m0/s1. The van der Waals surface area contributed by atoms with Gasteiger partial charge in [-0.1, -0.05) is 0 Å². The Labute approximate surface area is 133 Å². The van der Waals surface area contributed by atoms with Crippen molar-refractivity contribution >= 4 is 28.2 Å². The highest BCUT2D eigenvalue weighted by Crippen LogP contribution is 2.31. The molecule has 0 aliphatic carbocycles. The highest BCUT2D eigenvalue weighted by Gasteiger charge is 2.26. The van der Waals surface area contributed by atoms with Crippen LogP contribution in [-0.4, -0.2) is 38.8 Å². The van der Waals surface area contributed by atoms with Crippen LogP contribution in [-0.2, 0) is 4.79 Å². The molecular formula is C15H19N5OS. The molecule has 2 aromatic rings. The maximum Gasteiger partial charge on any atom is 0.219 e. The van der Waals surface area contributed by atoms with Gasteiger partial charge in [-0.15, -0.1) is 11.3 Å². The molecule has 1 saturated heterocycles. The van der Waals surface area contributed by atoms with Crippen molar-refractivity contribution in [1.29, 1.82) is 0 Å². The summed E-state index contributed by atoms with van der Waals surface area (Å²) in [6.45, 7) is 5.13. The van der Waals surface area contributed by atoms with E-state index in [-0.39, 0.29) is 11.8 Å². The third-order valence-electron chi connectivity index (χ3n) is 3.82. The number of nitrogens with zero attached hydrogens (tertiary/aromatic N) is 4. The number of aromatic nitrogens is 3. The zero-order valence-corrected chi connectivity index (χ0v) is 13.6. The number of likely N-dealkylation sites (tertiary alicyclic amines) is 1. The molecule has 1 aliphatic heterocycles. The lowest BCUT2D eigenvalue weighted by atomic mass is 9.94. The van der Waals surface area contributed by atoms with Crippen LogP contribution in [0.25, 0.3) is 0 Å². The summed E-state index contributed by atoms with van der Waals surface area (Å²) in [5.41, 5.74) is 1.90. The van der Waals surface area contributed by atoms with E-state index in [1.165, 1.54) is 0 Å². The second-order valence-electron chi connectivity index (χ2n) is 5.51. The molecule has 0 saturated carbocycles. The van der Waals surface area contributed by atoms with Gasteiger partial charge in [0.2, 0.25) is 5.91 Å². The molecule has 1 amide bonds. The van der Waals surface area contributed by atoms with Crippen molar-refractivity contribution in [3.8, 4) is 0 Å². The quantitative estimate of drug-likeness (QED) is 0.942. The largest absolute Gasteiger partial charge is 0.342 e. The number of thiazole rings is 1. The molecule has 7 heteroatoms. The van der Waals surface area contributed by atoms with Crippen LogP contribution >= 0.6 is 11.3 Å². The van der Waals surface area contributed by atoms with Crippen molar-refractivity contribution in [3.63, 3.8) is 0 Å². The maximum atomic E-state index is 11.6. The monoisotopic (exact) mass is 317 g/mol. The smallest absolute Gasteiger partial charge is 0.219 e. The number of piperidine rings is 1.